The lowest BCUT2D eigenvalue weighted by atomic mass is 9.95. The van der Waals surface area contributed by atoms with E-state index >= 15 is 0 Å². The first-order chi connectivity index (χ1) is 14.2. The smallest absolute Gasteiger partial charge is 0.251 e. The first-order valence-corrected chi connectivity index (χ1v) is 10.0. The minimum atomic E-state index is -0.169. The Kier molecular flexibility index (Phi) is 5.79. The highest BCUT2D eigenvalue weighted by atomic mass is 16.2. The maximum atomic E-state index is 12.6. The van der Waals surface area contributed by atoms with E-state index in [-0.39, 0.29) is 17.4 Å². The molecule has 0 radical (unpaired) electrons. The predicted octanol–water partition coefficient (Wildman–Crippen LogP) is 3.17. The summed E-state index contributed by atoms with van der Waals surface area (Å²) < 4.78 is 0. The molecule has 1 aliphatic rings. The second kappa shape index (κ2) is 8.82. The van der Waals surface area contributed by atoms with Gasteiger partial charge in [0, 0.05) is 37.7 Å². The maximum absolute atomic E-state index is 12.6. The van der Waals surface area contributed by atoms with E-state index < -0.39 is 0 Å². The number of carbonyl (C=O) groups excluding carboxylic acids is 1. The van der Waals surface area contributed by atoms with Crippen molar-refractivity contribution in [1.82, 2.24) is 19.9 Å². The van der Waals surface area contributed by atoms with Gasteiger partial charge in [-0.15, -0.1) is 0 Å². The largest absolute Gasteiger partial charge is 0.343 e. The van der Waals surface area contributed by atoms with E-state index in [0.717, 1.165) is 19.3 Å². The standard InChI is InChI=1S/C23H24N4O2/c28-21-16-20(19-8-4-5-13-24-19)25-23(26-21)18-11-14-27(15-12-18)22(29)10-9-17-6-2-1-3-7-17/h1-8,13,16,18H,9-12,14-15H2,(H,25,26,28). The Hall–Kier alpha value is -3.28. The number of likely N-dealkylation sites (tertiary alicyclic amines) is 1. The van der Waals surface area contributed by atoms with Gasteiger partial charge in [-0.3, -0.25) is 14.6 Å². The van der Waals surface area contributed by atoms with Crippen LogP contribution in [0.1, 0.15) is 36.6 Å². The minimum Gasteiger partial charge on any atom is -0.343 e. The lowest BCUT2D eigenvalue weighted by Gasteiger charge is -2.31. The first kappa shape index (κ1) is 19.1. The van der Waals surface area contributed by atoms with Crippen LogP contribution in [0.5, 0.6) is 0 Å². The number of piperidine rings is 1. The van der Waals surface area contributed by atoms with Gasteiger partial charge in [0.15, 0.2) is 0 Å². The number of nitrogens with zero attached hydrogens (tertiary/aromatic N) is 3. The van der Waals surface area contributed by atoms with Gasteiger partial charge in [0.25, 0.3) is 5.56 Å². The van der Waals surface area contributed by atoms with Gasteiger partial charge in [-0.2, -0.15) is 0 Å². The summed E-state index contributed by atoms with van der Waals surface area (Å²) in [7, 11) is 0. The molecule has 4 rings (SSSR count). The van der Waals surface area contributed by atoms with E-state index in [0.29, 0.717) is 36.7 Å². The summed E-state index contributed by atoms with van der Waals surface area (Å²) in [6, 6.07) is 17.1. The average molecular weight is 388 g/mol. The van der Waals surface area contributed by atoms with E-state index in [4.69, 9.17) is 0 Å². The van der Waals surface area contributed by atoms with Crippen molar-refractivity contribution in [2.24, 2.45) is 0 Å². The Morgan fingerprint density at radius 2 is 1.79 bits per heavy atom. The van der Waals surface area contributed by atoms with E-state index in [2.05, 4.69) is 27.1 Å². The van der Waals surface area contributed by atoms with Crippen LogP contribution in [0.3, 0.4) is 0 Å². The monoisotopic (exact) mass is 388 g/mol. The Balaban J connectivity index is 1.38. The number of carbonyl (C=O) groups is 1. The second-order valence-corrected chi connectivity index (χ2v) is 7.37. The van der Waals surface area contributed by atoms with Crippen molar-refractivity contribution in [2.45, 2.75) is 31.6 Å². The molecule has 6 heteroatoms. The highest BCUT2D eigenvalue weighted by Gasteiger charge is 2.25. The third-order valence-corrected chi connectivity index (χ3v) is 5.39. The molecule has 1 saturated heterocycles. The number of hydrogen-bond donors (Lipinski definition) is 1. The minimum absolute atomic E-state index is 0.143. The van der Waals surface area contributed by atoms with Gasteiger partial charge in [0.2, 0.25) is 5.91 Å². The number of hydrogen-bond acceptors (Lipinski definition) is 4. The Bertz CT molecular complexity index is 1010. The SMILES string of the molecule is O=C(CCc1ccccc1)N1CCC(c2nc(-c3ccccn3)cc(=O)[nH]2)CC1. The summed E-state index contributed by atoms with van der Waals surface area (Å²) in [6.45, 7) is 1.38. The molecule has 0 spiro atoms. The van der Waals surface area contributed by atoms with Crippen LogP contribution in [0.15, 0.2) is 65.6 Å². The Morgan fingerprint density at radius 1 is 1.03 bits per heavy atom. The zero-order valence-corrected chi connectivity index (χ0v) is 16.3. The van der Waals surface area contributed by atoms with Crippen molar-refractivity contribution >= 4 is 5.91 Å². The van der Waals surface area contributed by atoms with E-state index in [1.807, 2.05) is 41.3 Å². The number of amides is 1. The number of pyridine rings is 1. The summed E-state index contributed by atoms with van der Waals surface area (Å²) in [5.74, 6) is 1.02. The zero-order valence-electron chi connectivity index (χ0n) is 16.3. The lowest BCUT2D eigenvalue weighted by molar-refractivity contribution is -0.132. The molecule has 1 aliphatic heterocycles. The van der Waals surface area contributed by atoms with Crippen molar-refractivity contribution in [3.8, 4) is 11.4 Å². The lowest BCUT2D eigenvalue weighted by Crippen LogP contribution is -2.38. The molecule has 1 N–H and O–H groups in total. The molecule has 1 amide bonds. The van der Waals surface area contributed by atoms with Crippen LogP contribution in [0.25, 0.3) is 11.4 Å². The molecule has 1 fully saturated rings. The molecule has 3 heterocycles. The average Bonchev–Trinajstić information content (AvgIpc) is 2.78. The van der Waals surface area contributed by atoms with E-state index in [9.17, 15) is 9.59 Å². The van der Waals surface area contributed by atoms with E-state index in [1.165, 1.54) is 11.6 Å². The number of benzene rings is 1. The molecule has 0 bridgehead atoms. The molecule has 6 nitrogen and oxygen atoms in total. The van der Waals surface area contributed by atoms with E-state index in [1.54, 1.807) is 6.20 Å². The molecule has 0 aliphatic carbocycles. The van der Waals surface area contributed by atoms with Gasteiger partial charge < -0.3 is 9.88 Å². The number of aryl methyl sites for hydroxylation is 1. The molecule has 2 aromatic heterocycles. The molecule has 3 aromatic rings. The van der Waals surface area contributed by atoms with Crippen molar-refractivity contribution in [3.05, 3.63) is 82.5 Å². The molecule has 0 atom stereocenters. The highest BCUT2D eigenvalue weighted by Crippen LogP contribution is 2.26. The van der Waals surface area contributed by atoms with Crippen molar-refractivity contribution < 1.29 is 4.79 Å². The molecular weight excluding hydrogens is 364 g/mol. The third-order valence-electron chi connectivity index (χ3n) is 5.39. The van der Waals surface area contributed by atoms with Gasteiger partial charge in [0.05, 0.1) is 11.4 Å². The van der Waals surface area contributed by atoms with Crippen molar-refractivity contribution in [2.75, 3.05) is 13.1 Å². The molecule has 0 unspecified atom stereocenters. The fourth-order valence-electron chi connectivity index (χ4n) is 3.77. The number of H-pyrrole nitrogens is 1. The number of aromatic amines is 1. The Morgan fingerprint density at radius 3 is 2.52 bits per heavy atom. The maximum Gasteiger partial charge on any atom is 0.251 e. The van der Waals surface area contributed by atoms with Gasteiger partial charge in [0.1, 0.15) is 5.82 Å². The molecule has 148 valence electrons. The molecule has 29 heavy (non-hydrogen) atoms. The normalized spacial score (nSPS) is 14.7. The first-order valence-electron chi connectivity index (χ1n) is 10.0. The molecular formula is C23H24N4O2. The van der Waals surface area contributed by atoms with Crippen LogP contribution in [-0.4, -0.2) is 38.8 Å². The van der Waals surface area contributed by atoms with Crippen molar-refractivity contribution in [1.29, 1.82) is 0 Å². The van der Waals surface area contributed by atoms with Crippen LogP contribution in [0.4, 0.5) is 0 Å². The van der Waals surface area contributed by atoms with Gasteiger partial charge >= 0.3 is 0 Å². The second-order valence-electron chi connectivity index (χ2n) is 7.37. The van der Waals surface area contributed by atoms with Crippen LogP contribution in [0, 0.1) is 0 Å². The van der Waals surface area contributed by atoms with Crippen LogP contribution >= 0.6 is 0 Å². The third kappa shape index (κ3) is 4.77. The summed E-state index contributed by atoms with van der Waals surface area (Å²) in [4.78, 5) is 38.4. The summed E-state index contributed by atoms with van der Waals surface area (Å²) >= 11 is 0. The van der Waals surface area contributed by atoms with Gasteiger partial charge in [-0.25, -0.2) is 4.98 Å². The Labute approximate surface area is 169 Å². The van der Waals surface area contributed by atoms with Crippen LogP contribution in [-0.2, 0) is 11.2 Å². The summed E-state index contributed by atoms with van der Waals surface area (Å²) in [5, 5.41) is 0. The van der Waals surface area contributed by atoms with Gasteiger partial charge in [-0.1, -0.05) is 36.4 Å². The molecule has 1 aromatic carbocycles. The fourth-order valence-corrected chi connectivity index (χ4v) is 3.77. The highest BCUT2D eigenvalue weighted by molar-refractivity contribution is 5.76. The fraction of sp³-hybridized carbons (Fsp3) is 0.304. The van der Waals surface area contributed by atoms with Crippen molar-refractivity contribution in [3.63, 3.8) is 0 Å². The molecule has 0 saturated carbocycles. The zero-order chi connectivity index (χ0) is 20.1. The topological polar surface area (TPSA) is 79.0 Å². The number of nitrogens with one attached hydrogen (secondary N) is 1. The number of rotatable bonds is 5. The summed E-state index contributed by atoms with van der Waals surface area (Å²) in [5.41, 5.74) is 2.29. The van der Waals surface area contributed by atoms with Gasteiger partial charge in [-0.05, 0) is 37.0 Å². The predicted molar refractivity (Wildman–Crippen MR) is 111 cm³/mol. The van der Waals surface area contributed by atoms with Crippen LogP contribution < -0.4 is 5.56 Å². The number of aromatic nitrogens is 3. The quantitative estimate of drug-likeness (QED) is 0.728. The van der Waals surface area contributed by atoms with Crippen LogP contribution in [0.2, 0.25) is 0 Å². The summed E-state index contributed by atoms with van der Waals surface area (Å²) in [6.07, 6.45) is 4.58.